The van der Waals surface area contributed by atoms with E-state index in [9.17, 15) is 9.59 Å². The van der Waals surface area contributed by atoms with E-state index in [4.69, 9.17) is 0 Å². The second-order valence-corrected chi connectivity index (χ2v) is 3.09. The molecule has 0 bridgehead atoms. The van der Waals surface area contributed by atoms with E-state index in [1.165, 1.54) is 14.0 Å². The average Bonchev–Trinajstić information content (AvgIpc) is 2.52. The highest BCUT2D eigenvalue weighted by molar-refractivity contribution is 5.74. The molecule has 0 aromatic rings. The third-order valence-electron chi connectivity index (χ3n) is 2.14. The van der Waals surface area contributed by atoms with E-state index in [0.29, 0.717) is 13.1 Å². The summed E-state index contributed by atoms with van der Waals surface area (Å²) in [6.45, 7) is 2.83. The number of hydrogen-bond donors (Lipinski definition) is 1. The predicted octanol–water partition coefficient (Wildman–Crippen LogP) is -0.0368. The monoisotopic (exact) mass is 186 g/mol. The number of hydrogen-bond acceptors (Lipinski definition) is 3. The Bertz CT molecular complexity index is 217. The van der Waals surface area contributed by atoms with E-state index < -0.39 is 6.09 Å². The molecule has 5 heteroatoms. The van der Waals surface area contributed by atoms with Gasteiger partial charge in [0, 0.05) is 20.0 Å². The Kier molecular flexibility index (Phi) is 3.11. The number of methoxy groups -OCH3 is 1. The fraction of sp³-hybridized carbons (Fsp3) is 0.750. The second-order valence-electron chi connectivity index (χ2n) is 3.09. The summed E-state index contributed by atoms with van der Waals surface area (Å²) < 4.78 is 4.45. The van der Waals surface area contributed by atoms with Crippen LogP contribution in [0.5, 0.6) is 0 Å². The van der Waals surface area contributed by atoms with Crippen molar-refractivity contribution in [2.24, 2.45) is 0 Å². The molecule has 1 unspecified atom stereocenters. The average molecular weight is 186 g/mol. The molecule has 1 rings (SSSR count). The van der Waals surface area contributed by atoms with E-state index in [0.717, 1.165) is 6.42 Å². The van der Waals surface area contributed by atoms with Crippen LogP contribution in [0.15, 0.2) is 0 Å². The first-order valence-electron chi connectivity index (χ1n) is 4.23. The molecule has 1 saturated heterocycles. The van der Waals surface area contributed by atoms with Gasteiger partial charge in [-0.15, -0.1) is 0 Å². The van der Waals surface area contributed by atoms with Gasteiger partial charge in [-0.05, 0) is 6.42 Å². The summed E-state index contributed by atoms with van der Waals surface area (Å²) in [5.41, 5.74) is 0. The number of nitrogens with zero attached hydrogens (tertiary/aromatic N) is 1. The summed E-state index contributed by atoms with van der Waals surface area (Å²) in [5, 5.41) is 2.66. The Morgan fingerprint density at radius 1 is 1.54 bits per heavy atom. The third kappa shape index (κ3) is 2.61. The molecule has 13 heavy (non-hydrogen) atoms. The summed E-state index contributed by atoms with van der Waals surface area (Å²) in [7, 11) is 1.33. The van der Waals surface area contributed by atoms with Crippen LogP contribution in [0, 0.1) is 0 Å². The highest BCUT2D eigenvalue weighted by Gasteiger charge is 2.25. The topological polar surface area (TPSA) is 58.6 Å². The molecule has 1 aliphatic heterocycles. The van der Waals surface area contributed by atoms with Crippen LogP contribution in [-0.2, 0) is 9.53 Å². The number of alkyl carbamates (subject to hydrolysis) is 1. The Morgan fingerprint density at radius 3 is 2.69 bits per heavy atom. The van der Waals surface area contributed by atoms with Gasteiger partial charge in [0.15, 0.2) is 0 Å². The largest absolute Gasteiger partial charge is 0.453 e. The Morgan fingerprint density at radius 2 is 2.23 bits per heavy atom. The van der Waals surface area contributed by atoms with E-state index >= 15 is 0 Å². The molecular weight excluding hydrogens is 172 g/mol. The number of carbonyl (C=O) groups excluding carboxylic acids is 2. The fourth-order valence-electron chi connectivity index (χ4n) is 1.39. The van der Waals surface area contributed by atoms with Crippen molar-refractivity contribution in [3.8, 4) is 0 Å². The quantitative estimate of drug-likeness (QED) is 0.625. The van der Waals surface area contributed by atoms with Gasteiger partial charge in [0.05, 0.1) is 13.2 Å². The van der Waals surface area contributed by atoms with Crippen molar-refractivity contribution in [3.05, 3.63) is 0 Å². The van der Waals surface area contributed by atoms with Crippen molar-refractivity contribution in [1.29, 1.82) is 0 Å². The minimum atomic E-state index is -0.435. The van der Waals surface area contributed by atoms with Gasteiger partial charge in [0.2, 0.25) is 5.91 Å². The van der Waals surface area contributed by atoms with Crippen LogP contribution in [0.4, 0.5) is 4.79 Å². The van der Waals surface area contributed by atoms with Gasteiger partial charge in [-0.25, -0.2) is 4.79 Å². The lowest BCUT2D eigenvalue weighted by Gasteiger charge is -2.14. The minimum absolute atomic E-state index is 0.0383. The number of carbonyl (C=O) groups is 2. The summed E-state index contributed by atoms with van der Waals surface area (Å²) in [5.74, 6) is 0.0502. The van der Waals surface area contributed by atoms with Gasteiger partial charge in [0.1, 0.15) is 0 Å². The molecule has 0 aliphatic carbocycles. The van der Waals surface area contributed by atoms with E-state index in [1.54, 1.807) is 4.90 Å². The molecule has 5 nitrogen and oxygen atoms in total. The summed E-state index contributed by atoms with van der Waals surface area (Å²) in [6.07, 6.45) is 0.365. The van der Waals surface area contributed by atoms with Gasteiger partial charge in [0.25, 0.3) is 0 Å². The van der Waals surface area contributed by atoms with E-state index in [-0.39, 0.29) is 11.9 Å². The molecule has 0 aromatic heterocycles. The van der Waals surface area contributed by atoms with Crippen molar-refractivity contribution in [2.75, 3.05) is 20.2 Å². The van der Waals surface area contributed by atoms with Crippen molar-refractivity contribution in [1.82, 2.24) is 10.2 Å². The number of likely N-dealkylation sites (tertiary alicyclic amines) is 1. The van der Waals surface area contributed by atoms with Gasteiger partial charge in [-0.3, -0.25) is 4.79 Å². The zero-order chi connectivity index (χ0) is 9.84. The smallest absolute Gasteiger partial charge is 0.407 e. The van der Waals surface area contributed by atoms with E-state index in [2.05, 4.69) is 10.1 Å². The maximum atomic E-state index is 10.9. The molecule has 1 atom stereocenters. The molecule has 1 heterocycles. The lowest BCUT2D eigenvalue weighted by atomic mass is 10.3. The first-order valence-corrected chi connectivity index (χ1v) is 4.23. The van der Waals surface area contributed by atoms with Crippen LogP contribution in [0.1, 0.15) is 13.3 Å². The number of ether oxygens (including phenoxy) is 1. The molecule has 1 fully saturated rings. The molecule has 1 N–H and O–H groups in total. The van der Waals surface area contributed by atoms with Crippen molar-refractivity contribution < 1.29 is 14.3 Å². The Labute approximate surface area is 77.0 Å². The predicted molar refractivity (Wildman–Crippen MR) is 46.2 cm³/mol. The normalized spacial score (nSPS) is 21.4. The highest BCUT2D eigenvalue weighted by Crippen LogP contribution is 2.08. The van der Waals surface area contributed by atoms with Crippen LogP contribution < -0.4 is 5.32 Å². The standard InChI is InChI=1S/C8H14N2O3/c1-6(11)10-4-3-7(5-10)9-8(12)13-2/h7H,3-5H2,1-2H3,(H,9,12). The van der Waals surface area contributed by atoms with Gasteiger partial charge < -0.3 is 15.0 Å². The molecule has 74 valence electrons. The van der Waals surface area contributed by atoms with Crippen LogP contribution >= 0.6 is 0 Å². The number of nitrogens with one attached hydrogen (secondary N) is 1. The zero-order valence-electron chi connectivity index (χ0n) is 7.87. The lowest BCUT2D eigenvalue weighted by Crippen LogP contribution is -2.37. The van der Waals surface area contributed by atoms with Crippen LogP contribution in [-0.4, -0.2) is 43.1 Å². The fourth-order valence-corrected chi connectivity index (χ4v) is 1.39. The first-order chi connectivity index (χ1) is 6.13. The first kappa shape index (κ1) is 9.83. The Hall–Kier alpha value is -1.26. The zero-order valence-corrected chi connectivity index (χ0v) is 7.87. The van der Waals surface area contributed by atoms with Gasteiger partial charge >= 0.3 is 6.09 Å². The third-order valence-corrected chi connectivity index (χ3v) is 2.14. The number of amides is 2. The highest BCUT2D eigenvalue weighted by atomic mass is 16.5. The molecule has 0 radical (unpaired) electrons. The molecule has 1 aliphatic rings. The van der Waals surface area contributed by atoms with Gasteiger partial charge in [-0.1, -0.05) is 0 Å². The molecular formula is C8H14N2O3. The molecule has 0 saturated carbocycles. The second kappa shape index (κ2) is 4.11. The van der Waals surface area contributed by atoms with Crippen molar-refractivity contribution >= 4 is 12.0 Å². The Balaban J connectivity index is 2.33. The van der Waals surface area contributed by atoms with Crippen molar-refractivity contribution in [3.63, 3.8) is 0 Å². The van der Waals surface area contributed by atoms with Crippen LogP contribution in [0.2, 0.25) is 0 Å². The minimum Gasteiger partial charge on any atom is -0.453 e. The summed E-state index contributed by atoms with van der Waals surface area (Å²) in [6, 6.07) is 0.0383. The maximum absolute atomic E-state index is 10.9. The molecule has 2 amide bonds. The van der Waals surface area contributed by atoms with Gasteiger partial charge in [-0.2, -0.15) is 0 Å². The lowest BCUT2D eigenvalue weighted by molar-refractivity contribution is -0.127. The van der Waals surface area contributed by atoms with Crippen LogP contribution in [0.25, 0.3) is 0 Å². The molecule has 0 spiro atoms. The number of rotatable bonds is 1. The molecule has 0 aromatic carbocycles. The van der Waals surface area contributed by atoms with Crippen molar-refractivity contribution in [2.45, 2.75) is 19.4 Å². The summed E-state index contributed by atoms with van der Waals surface area (Å²) in [4.78, 5) is 23.4. The van der Waals surface area contributed by atoms with Crippen LogP contribution in [0.3, 0.4) is 0 Å². The maximum Gasteiger partial charge on any atom is 0.407 e. The van der Waals surface area contributed by atoms with E-state index in [1.807, 2.05) is 0 Å². The SMILES string of the molecule is COC(=O)NC1CCN(C(C)=O)C1. The summed E-state index contributed by atoms with van der Waals surface area (Å²) >= 11 is 0.